The molecule has 3 aromatic rings. The van der Waals surface area contributed by atoms with Gasteiger partial charge in [0.05, 0.1) is 17.2 Å². The number of hydrogen-bond acceptors (Lipinski definition) is 3. The molecule has 0 saturated carbocycles. The normalized spacial score (nSPS) is 12.3. The zero-order chi connectivity index (χ0) is 16.4. The number of rotatable bonds is 5. The number of benzene rings is 2. The van der Waals surface area contributed by atoms with E-state index in [1.807, 2.05) is 37.3 Å². The first kappa shape index (κ1) is 15.6. The first-order valence-corrected chi connectivity index (χ1v) is 7.97. The molecule has 0 aliphatic carbocycles. The van der Waals surface area contributed by atoms with Gasteiger partial charge in [0, 0.05) is 10.9 Å². The monoisotopic (exact) mass is 374 g/mol. The number of fused-ring (bicyclic) bond motifs is 1. The third kappa shape index (κ3) is 3.40. The van der Waals surface area contributed by atoms with E-state index in [0.717, 1.165) is 21.0 Å². The molecule has 23 heavy (non-hydrogen) atoms. The molecule has 0 radical (unpaired) electrons. The highest BCUT2D eigenvalue weighted by atomic mass is 79.9. The van der Waals surface area contributed by atoms with E-state index in [2.05, 4.69) is 15.9 Å². The minimum Gasteiger partial charge on any atom is -0.486 e. The number of furan rings is 1. The van der Waals surface area contributed by atoms with Crippen LogP contribution in [-0.2, 0) is 11.2 Å². The fraction of sp³-hybridized carbons (Fsp3) is 0.167. The molecule has 0 bridgehead atoms. The van der Waals surface area contributed by atoms with Crippen LogP contribution in [0.1, 0.15) is 24.2 Å². The summed E-state index contributed by atoms with van der Waals surface area (Å²) < 4.78 is 12.3. The van der Waals surface area contributed by atoms with Gasteiger partial charge >= 0.3 is 5.97 Å². The van der Waals surface area contributed by atoms with E-state index in [0.29, 0.717) is 11.3 Å². The van der Waals surface area contributed by atoms with Gasteiger partial charge in [0.15, 0.2) is 0 Å². The van der Waals surface area contributed by atoms with Crippen LogP contribution in [0.15, 0.2) is 57.6 Å². The second-order valence-corrected chi connectivity index (χ2v) is 6.13. The van der Waals surface area contributed by atoms with Gasteiger partial charge in [-0.3, -0.25) is 4.79 Å². The van der Waals surface area contributed by atoms with E-state index >= 15 is 0 Å². The van der Waals surface area contributed by atoms with Crippen LogP contribution in [0.2, 0.25) is 0 Å². The second-order valence-electron chi connectivity index (χ2n) is 5.28. The molecule has 1 heterocycles. The van der Waals surface area contributed by atoms with Crippen LogP contribution in [0.3, 0.4) is 0 Å². The van der Waals surface area contributed by atoms with Crippen LogP contribution in [0.5, 0.6) is 5.75 Å². The maximum Gasteiger partial charge on any atom is 0.307 e. The summed E-state index contributed by atoms with van der Waals surface area (Å²) in [6.45, 7) is 1.94. The van der Waals surface area contributed by atoms with Crippen molar-refractivity contribution in [3.8, 4) is 5.75 Å². The van der Waals surface area contributed by atoms with Crippen molar-refractivity contribution in [2.75, 3.05) is 0 Å². The Balaban J connectivity index is 1.88. The topological polar surface area (TPSA) is 59.7 Å². The van der Waals surface area contributed by atoms with Crippen molar-refractivity contribution in [2.24, 2.45) is 0 Å². The predicted octanol–water partition coefficient (Wildman–Crippen LogP) is 4.96. The Hall–Kier alpha value is -2.27. The van der Waals surface area contributed by atoms with Gasteiger partial charge in [-0.25, -0.2) is 0 Å². The first-order chi connectivity index (χ1) is 11.0. The van der Waals surface area contributed by atoms with Crippen LogP contribution in [-0.4, -0.2) is 11.1 Å². The summed E-state index contributed by atoms with van der Waals surface area (Å²) in [5.74, 6) is -0.290. The summed E-state index contributed by atoms with van der Waals surface area (Å²) in [6, 6.07) is 13.1. The Kier molecular flexibility index (Phi) is 4.39. The third-order valence-electron chi connectivity index (χ3n) is 3.62. The quantitative estimate of drug-likeness (QED) is 0.685. The average molecular weight is 375 g/mol. The smallest absolute Gasteiger partial charge is 0.307 e. The molecule has 1 atom stereocenters. The summed E-state index contributed by atoms with van der Waals surface area (Å²) in [7, 11) is 0. The minimum absolute atomic E-state index is 0.0621. The number of para-hydroxylation sites is 1. The molecule has 3 rings (SSSR count). The zero-order valence-electron chi connectivity index (χ0n) is 12.5. The average Bonchev–Trinajstić information content (AvgIpc) is 2.97. The zero-order valence-corrected chi connectivity index (χ0v) is 14.0. The molecule has 1 N–H and O–H groups in total. The summed E-state index contributed by atoms with van der Waals surface area (Å²) in [4.78, 5) is 11.0. The lowest BCUT2D eigenvalue weighted by Crippen LogP contribution is -2.07. The van der Waals surface area contributed by atoms with Crippen LogP contribution in [0, 0.1) is 0 Å². The summed E-state index contributed by atoms with van der Waals surface area (Å²) in [6.07, 6.45) is 1.36. The first-order valence-electron chi connectivity index (χ1n) is 7.17. The molecule has 0 saturated heterocycles. The fourth-order valence-electron chi connectivity index (χ4n) is 2.48. The number of hydrogen-bond donors (Lipinski definition) is 1. The largest absolute Gasteiger partial charge is 0.486 e. The van der Waals surface area contributed by atoms with Crippen molar-refractivity contribution in [3.63, 3.8) is 0 Å². The standard InChI is InChI=1S/C18H15BrO4/c1-11(14-8-13-6-7-22-18(13)15(19)9-14)23-16-5-3-2-4-12(16)10-17(20)21/h2-9,11H,10H2,1H3,(H,20,21). The molecular weight excluding hydrogens is 360 g/mol. The molecule has 0 amide bonds. The van der Waals surface area contributed by atoms with Crippen molar-refractivity contribution in [2.45, 2.75) is 19.4 Å². The fourth-order valence-corrected chi connectivity index (χ4v) is 3.07. The van der Waals surface area contributed by atoms with Gasteiger partial charge < -0.3 is 14.3 Å². The lowest BCUT2D eigenvalue weighted by atomic mass is 10.1. The highest BCUT2D eigenvalue weighted by Crippen LogP contribution is 2.32. The van der Waals surface area contributed by atoms with Gasteiger partial charge in [-0.05, 0) is 52.7 Å². The van der Waals surface area contributed by atoms with Gasteiger partial charge in [-0.1, -0.05) is 18.2 Å². The van der Waals surface area contributed by atoms with Crippen molar-refractivity contribution in [1.82, 2.24) is 0 Å². The van der Waals surface area contributed by atoms with Crippen molar-refractivity contribution in [3.05, 3.63) is 64.3 Å². The van der Waals surface area contributed by atoms with Crippen molar-refractivity contribution >= 4 is 32.9 Å². The molecule has 5 heteroatoms. The Morgan fingerprint density at radius 2 is 2.09 bits per heavy atom. The molecular formula is C18H15BrO4. The SMILES string of the molecule is CC(Oc1ccccc1CC(=O)O)c1cc(Br)c2occc2c1. The van der Waals surface area contributed by atoms with E-state index in [1.165, 1.54) is 0 Å². The Morgan fingerprint density at radius 3 is 2.87 bits per heavy atom. The Morgan fingerprint density at radius 1 is 1.30 bits per heavy atom. The molecule has 1 unspecified atom stereocenters. The molecule has 1 aromatic heterocycles. The Labute approximate surface area is 141 Å². The molecule has 118 valence electrons. The molecule has 4 nitrogen and oxygen atoms in total. The highest BCUT2D eigenvalue weighted by molar-refractivity contribution is 9.10. The predicted molar refractivity (Wildman–Crippen MR) is 90.7 cm³/mol. The molecule has 0 fully saturated rings. The van der Waals surface area contributed by atoms with Gasteiger partial charge in [0.2, 0.25) is 0 Å². The van der Waals surface area contributed by atoms with E-state index in [9.17, 15) is 4.79 Å². The molecule has 0 aliphatic heterocycles. The van der Waals surface area contributed by atoms with Crippen LogP contribution in [0.4, 0.5) is 0 Å². The van der Waals surface area contributed by atoms with E-state index in [1.54, 1.807) is 18.4 Å². The number of carbonyl (C=O) groups is 1. The van der Waals surface area contributed by atoms with E-state index < -0.39 is 5.97 Å². The molecule has 0 aliphatic rings. The van der Waals surface area contributed by atoms with Crippen LogP contribution < -0.4 is 4.74 Å². The summed E-state index contributed by atoms with van der Waals surface area (Å²) in [5.41, 5.74) is 2.44. The molecule has 0 spiro atoms. The van der Waals surface area contributed by atoms with Gasteiger partial charge in [-0.2, -0.15) is 0 Å². The van der Waals surface area contributed by atoms with Crippen LogP contribution >= 0.6 is 15.9 Å². The van der Waals surface area contributed by atoms with Crippen LogP contribution in [0.25, 0.3) is 11.0 Å². The highest BCUT2D eigenvalue weighted by Gasteiger charge is 2.14. The number of ether oxygens (including phenoxy) is 1. The second kappa shape index (κ2) is 6.46. The van der Waals surface area contributed by atoms with Gasteiger partial charge in [0.25, 0.3) is 0 Å². The summed E-state index contributed by atoms with van der Waals surface area (Å²) >= 11 is 3.50. The van der Waals surface area contributed by atoms with Crippen molar-refractivity contribution < 1.29 is 19.1 Å². The lowest BCUT2D eigenvalue weighted by Gasteiger charge is -2.18. The number of carboxylic acids is 1. The maximum atomic E-state index is 11.0. The van der Waals surface area contributed by atoms with E-state index in [-0.39, 0.29) is 12.5 Å². The summed E-state index contributed by atoms with van der Waals surface area (Å²) in [5, 5.41) is 9.99. The van der Waals surface area contributed by atoms with E-state index in [4.69, 9.17) is 14.3 Å². The third-order valence-corrected chi connectivity index (χ3v) is 4.20. The van der Waals surface area contributed by atoms with Gasteiger partial charge in [-0.15, -0.1) is 0 Å². The number of aliphatic carboxylic acids is 1. The molecule has 2 aromatic carbocycles. The minimum atomic E-state index is -0.878. The Bertz CT molecular complexity index is 853. The lowest BCUT2D eigenvalue weighted by molar-refractivity contribution is -0.136. The maximum absolute atomic E-state index is 11.0. The van der Waals surface area contributed by atoms with Gasteiger partial charge in [0.1, 0.15) is 17.4 Å². The number of halogens is 1. The number of carboxylic acid groups (broad SMARTS) is 1. The van der Waals surface area contributed by atoms with Crippen molar-refractivity contribution in [1.29, 1.82) is 0 Å².